The van der Waals surface area contributed by atoms with Crippen molar-refractivity contribution in [1.29, 1.82) is 0 Å². The molecule has 0 atom stereocenters. The molecule has 20 heavy (non-hydrogen) atoms. The normalized spacial score (nSPS) is 11.3. The van der Waals surface area contributed by atoms with Crippen LogP contribution in [0.4, 0.5) is 0 Å². The van der Waals surface area contributed by atoms with Crippen LogP contribution in [0.25, 0.3) is 5.76 Å². The molecule has 3 N–H and O–H groups in total. The number of aromatic amines is 1. The lowest BCUT2D eigenvalue weighted by molar-refractivity contribution is -0.146. The highest BCUT2D eigenvalue weighted by molar-refractivity contribution is 6.38. The van der Waals surface area contributed by atoms with Crippen molar-refractivity contribution in [3.8, 4) is 0 Å². The minimum absolute atomic E-state index is 0.239. The number of carboxylic acid groups (broad SMARTS) is 1. The Morgan fingerprint density at radius 3 is 2.55 bits per heavy atom. The van der Waals surface area contributed by atoms with E-state index in [2.05, 4.69) is 10.2 Å². The number of benzene rings is 1. The van der Waals surface area contributed by atoms with E-state index in [9.17, 15) is 14.7 Å². The van der Waals surface area contributed by atoms with Crippen LogP contribution in [0.1, 0.15) is 16.8 Å². The van der Waals surface area contributed by atoms with Gasteiger partial charge in [0.05, 0.1) is 6.20 Å². The van der Waals surface area contributed by atoms with Gasteiger partial charge in [-0.1, -0.05) is 30.3 Å². The monoisotopic (exact) mass is 272 g/mol. The van der Waals surface area contributed by atoms with Crippen LogP contribution in [0.3, 0.4) is 0 Å². The molecule has 0 radical (unpaired) electrons. The second-order valence-electron chi connectivity index (χ2n) is 4.13. The maximum absolute atomic E-state index is 11.0. The van der Waals surface area contributed by atoms with E-state index in [4.69, 9.17) is 5.11 Å². The van der Waals surface area contributed by atoms with Crippen molar-refractivity contribution >= 4 is 17.5 Å². The SMILES string of the molecule is O=C(O)C(=O)C=C(O)c1[nH]ncc1Cc1ccccc1. The fourth-order valence-corrected chi connectivity index (χ4v) is 1.74. The van der Waals surface area contributed by atoms with E-state index in [0.717, 1.165) is 5.56 Å². The summed E-state index contributed by atoms with van der Waals surface area (Å²) in [5.41, 5.74) is 1.92. The van der Waals surface area contributed by atoms with Gasteiger partial charge in [0.2, 0.25) is 0 Å². The van der Waals surface area contributed by atoms with Crippen LogP contribution in [0.5, 0.6) is 0 Å². The summed E-state index contributed by atoms with van der Waals surface area (Å²) >= 11 is 0. The van der Waals surface area contributed by atoms with E-state index in [1.54, 1.807) is 0 Å². The van der Waals surface area contributed by atoms with Gasteiger partial charge in [0.25, 0.3) is 5.78 Å². The standard InChI is InChI=1S/C14H12N2O4/c17-11(7-12(18)14(19)20)13-10(8-15-16-13)6-9-4-2-1-3-5-9/h1-5,7-8,17H,6H2,(H,15,16)(H,19,20). The Labute approximate surface area is 114 Å². The molecule has 2 aromatic rings. The Bertz CT molecular complexity index is 659. The Morgan fingerprint density at radius 1 is 1.20 bits per heavy atom. The molecule has 0 aliphatic heterocycles. The van der Waals surface area contributed by atoms with Crippen LogP contribution in [-0.2, 0) is 16.0 Å². The number of nitrogens with zero attached hydrogens (tertiary/aromatic N) is 1. The van der Waals surface area contributed by atoms with Crippen molar-refractivity contribution in [2.75, 3.05) is 0 Å². The molecular formula is C14H12N2O4. The number of nitrogens with one attached hydrogen (secondary N) is 1. The number of aliphatic carboxylic acids is 1. The Morgan fingerprint density at radius 2 is 1.90 bits per heavy atom. The first-order valence-electron chi connectivity index (χ1n) is 5.82. The number of hydrogen-bond donors (Lipinski definition) is 3. The lowest BCUT2D eigenvalue weighted by atomic mass is 10.0. The zero-order chi connectivity index (χ0) is 14.5. The van der Waals surface area contributed by atoms with Gasteiger partial charge in [-0.15, -0.1) is 0 Å². The molecule has 1 aromatic heterocycles. The first-order valence-corrected chi connectivity index (χ1v) is 5.82. The molecule has 0 saturated heterocycles. The largest absolute Gasteiger partial charge is 0.506 e. The molecular weight excluding hydrogens is 260 g/mol. The number of aromatic nitrogens is 2. The predicted molar refractivity (Wildman–Crippen MR) is 71.1 cm³/mol. The van der Waals surface area contributed by atoms with E-state index in [1.165, 1.54) is 6.20 Å². The van der Waals surface area contributed by atoms with Crippen molar-refractivity contribution < 1.29 is 19.8 Å². The number of H-pyrrole nitrogens is 1. The Kier molecular flexibility index (Phi) is 3.95. The first-order chi connectivity index (χ1) is 9.58. The smallest absolute Gasteiger partial charge is 0.376 e. The van der Waals surface area contributed by atoms with Crippen LogP contribution in [-0.4, -0.2) is 32.2 Å². The van der Waals surface area contributed by atoms with Crippen LogP contribution in [0.15, 0.2) is 42.6 Å². The topological polar surface area (TPSA) is 103 Å². The van der Waals surface area contributed by atoms with Gasteiger partial charge in [0.1, 0.15) is 11.5 Å². The predicted octanol–water partition coefficient (Wildman–Crippen LogP) is 1.55. The highest BCUT2D eigenvalue weighted by Gasteiger charge is 2.14. The Balaban J connectivity index is 2.25. The molecule has 6 nitrogen and oxygen atoms in total. The molecule has 0 saturated carbocycles. The van der Waals surface area contributed by atoms with Gasteiger partial charge >= 0.3 is 5.97 Å². The summed E-state index contributed by atoms with van der Waals surface area (Å²) in [6.07, 6.45) is 2.69. The summed E-state index contributed by atoms with van der Waals surface area (Å²) in [5.74, 6) is -3.26. The van der Waals surface area contributed by atoms with Crippen LogP contribution >= 0.6 is 0 Å². The van der Waals surface area contributed by atoms with E-state index in [-0.39, 0.29) is 5.69 Å². The quantitative estimate of drug-likeness (QED) is 0.435. The highest BCUT2D eigenvalue weighted by atomic mass is 16.4. The van der Waals surface area contributed by atoms with Crippen molar-refractivity contribution in [2.24, 2.45) is 0 Å². The maximum Gasteiger partial charge on any atom is 0.376 e. The van der Waals surface area contributed by atoms with Crippen molar-refractivity contribution in [3.05, 3.63) is 59.4 Å². The van der Waals surface area contributed by atoms with Crippen molar-refractivity contribution in [2.45, 2.75) is 6.42 Å². The third-order valence-corrected chi connectivity index (χ3v) is 2.69. The molecule has 1 heterocycles. The number of aliphatic hydroxyl groups is 1. The molecule has 1 aromatic carbocycles. The molecule has 0 aliphatic carbocycles. The van der Waals surface area contributed by atoms with Gasteiger partial charge in [-0.3, -0.25) is 9.89 Å². The minimum atomic E-state index is -1.62. The van der Waals surface area contributed by atoms with Crippen LogP contribution in [0, 0.1) is 0 Å². The molecule has 0 unspecified atom stereocenters. The molecule has 0 bridgehead atoms. The van der Waals surface area contributed by atoms with Gasteiger partial charge in [0.15, 0.2) is 0 Å². The van der Waals surface area contributed by atoms with E-state index in [0.29, 0.717) is 18.1 Å². The highest BCUT2D eigenvalue weighted by Crippen LogP contribution is 2.17. The molecule has 0 fully saturated rings. The molecule has 6 heteroatoms. The maximum atomic E-state index is 11.0. The third kappa shape index (κ3) is 3.11. The molecule has 0 amide bonds. The summed E-state index contributed by atoms with van der Waals surface area (Å²) in [6.45, 7) is 0. The zero-order valence-corrected chi connectivity index (χ0v) is 10.4. The number of hydrogen-bond acceptors (Lipinski definition) is 4. The number of carbonyl (C=O) groups excluding carboxylic acids is 1. The summed E-state index contributed by atoms with van der Waals surface area (Å²) < 4.78 is 0. The van der Waals surface area contributed by atoms with E-state index >= 15 is 0 Å². The van der Waals surface area contributed by atoms with Gasteiger partial charge in [-0.2, -0.15) is 5.10 Å². The summed E-state index contributed by atoms with van der Waals surface area (Å²) in [6, 6.07) is 9.50. The summed E-state index contributed by atoms with van der Waals surface area (Å²) in [7, 11) is 0. The van der Waals surface area contributed by atoms with Crippen molar-refractivity contribution in [3.63, 3.8) is 0 Å². The Hall–Kier alpha value is -2.89. The number of carboxylic acids is 1. The molecule has 0 aliphatic rings. The zero-order valence-electron chi connectivity index (χ0n) is 10.4. The molecule has 0 spiro atoms. The van der Waals surface area contributed by atoms with Crippen LogP contribution < -0.4 is 0 Å². The van der Waals surface area contributed by atoms with Gasteiger partial charge in [-0.25, -0.2) is 4.79 Å². The average molecular weight is 272 g/mol. The second-order valence-corrected chi connectivity index (χ2v) is 4.13. The number of aliphatic hydroxyl groups excluding tert-OH is 1. The van der Waals surface area contributed by atoms with Crippen LogP contribution in [0.2, 0.25) is 0 Å². The van der Waals surface area contributed by atoms with E-state index < -0.39 is 17.5 Å². The average Bonchev–Trinajstić information content (AvgIpc) is 2.88. The lowest BCUT2D eigenvalue weighted by Gasteiger charge is -2.02. The van der Waals surface area contributed by atoms with Gasteiger partial charge in [0, 0.05) is 18.1 Å². The van der Waals surface area contributed by atoms with E-state index in [1.807, 2.05) is 30.3 Å². The van der Waals surface area contributed by atoms with Gasteiger partial charge < -0.3 is 10.2 Å². The summed E-state index contributed by atoms with van der Waals surface area (Å²) in [5, 5.41) is 24.7. The molecule has 2 rings (SSSR count). The second kappa shape index (κ2) is 5.83. The number of ketones is 1. The van der Waals surface area contributed by atoms with Gasteiger partial charge in [-0.05, 0) is 5.56 Å². The molecule has 102 valence electrons. The minimum Gasteiger partial charge on any atom is -0.506 e. The summed E-state index contributed by atoms with van der Waals surface area (Å²) in [4.78, 5) is 21.5. The van der Waals surface area contributed by atoms with Crippen molar-refractivity contribution in [1.82, 2.24) is 10.2 Å². The third-order valence-electron chi connectivity index (χ3n) is 2.69. The number of carbonyl (C=O) groups is 2. The fraction of sp³-hybridized carbons (Fsp3) is 0.0714. The number of rotatable bonds is 5. The first kappa shape index (κ1) is 13.5. The fourth-order valence-electron chi connectivity index (χ4n) is 1.74. The lowest BCUT2D eigenvalue weighted by Crippen LogP contribution is -2.09.